The van der Waals surface area contributed by atoms with Gasteiger partial charge in [0.25, 0.3) is 0 Å². The Bertz CT molecular complexity index is 405. The number of hydrogen-bond acceptors (Lipinski definition) is 4. The van der Waals surface area contributed by atoms with Crippen LogP contribution < -0.4 is 15.2 Å². The summed E-state index contributed by atoms with van der Waals surface area (Å²) in [4.78, 5) is 0. The van der Waals surface area contributed by atoms with Gasteiger partial charge >= 0.3 is 0 Å². The van der Waals surface area contributed by atoms with Gasteiger partial charge in [-0.15, -0.1) is 0 Å². The minimum Gasteiger partial charge on any atom is -0.493 e. The Balaban J connectivity index is 2.15. The van der Waals surface area contributed by atoms with Crippen molar-refractivity contribution in [1.29, 1.82) is 0 Å². The van der Waals surface area contributed by atoms with E-state index < -0.39 is 0 Å². The van der Waals surface area contributed by atoms with Gasteiger partial charge < -0.3 is 15.2 Å². The van der Waals surface area contributed by atoms with Gasteiger partial charge in [-0.05, 0) is 54.5 Å². The van der Waals surface area contributed by atoms with Crippen LogP contribution in [0.15, 0.2) is 18.2 Å². The average Bonchev–Trinajstić information content (AvgIpc) is 2.47. The lowest BCUT2D eigenvalue weighted by Crippen LogP contribution is -2.22. The highest BCUT2D eigenvalue weighted by Gasteiger charge is 2.18. The fourth-order valence-corrected chi connectivity index (χ4v) is 3.26. The minimum atomic E-state index is 0.318. The summed E-state index contributed by atoms with van der Waals surface area (Å²) >= 11 is 2.00. The maximum absolute atomic E-state index is 6.13. The van der Waals surface area contributed by atoms with Gasteiger partial charge in [0.1, 0.15) is 6.10 Å². The molecule has 0 radical (unpaired) electrons. The minimum absolute atomic E-state index is 0.318. The van der Waals surface area contributed by atoms with E-state index in [2.05, 4.69) is 19.1 Å². The molecule has 1 aliphatic heterocycles. The van der Waals surface area contributed by atoms with Crippen LogP contribution in [0.4, 0.5) is 0 Å². The molecule has 4 heteroatoms. The second-order valence-electron chi connectivity index (χ2n) is 4.98. The van der Waals surface area contributed by atoms with E-state index in [1.165, 1.54) is 17.1 Å². The summed E-state index contributed by atoms with van der Waals surface area (Å²) in [6, 6.07) is 6.13. The molecule has 0 bridgehead atoms. The molecule has 1 aromatic rings. The number of methoxy groups -OCH3 is 1. The molecular weight excluding hydrogens is 258 g/mol. The molecule has 19 heavy (non-hydrogen) atoms. The largest absolute Gasteiger partial charge is 0.493 e. The van der Waals surface area contributed by atoms with Gasteiger partial charge in [-0.3, -0.25) is 0 Å². The first-order valence-corrected chi connectivity index (χ1v) is 8.02. The van der Waals surface area contributed by atoms with Crippen molar-refractivity contribution in [3.05, 3.63) is 23.8 Å². The summed E-state index contributed by atoms with van der Waals surface area (Å²) < 4.78 is 11.5. The number of rotatable bonds is 5. The van der Waals surface area contributed by atoms with E-state index in [0.29, 0.717) is 18.6 Å². The van der Waals surface area contributed by atoms with Gasteiger partial charge in [-0.1, -0.05) is 13.0 Å². The third kappa shape index (κ3) is 3.80. The number of thioether (sulfide) groups is 1. The fraction of sp³-hybridized carbons (Fsp3) is 0.600. The van der Waals surface area contributed by atoms with E-state index in [1.807, 2.05) is 17.8 Å². The van der Waals surface area contributed by atoms with Crippen molar-refractivity contribution >= 4 is 11.8 Å². The Morgan fingerprint density at radius 3 is 2.68 bits per heavy atom. The molecule has 0 saturated carbocycles. The van der Waals surface area contributed by atoms with Crippen LogP contribution in [0.3, 0.4) is 0 Å². The zero-order chi connectivity index (χ0) is 13.7. The van der Waals surface area contributed by atoms with Crippen molar-refractivity contribution in [2.24, 2.45) is 5.73 Å². The number of nitrogens with two attached hydrogens (primary N) is 1. The zero-order valence-electron chi connectivity index (χ0n) is 11.7. The summed E-state index contributed by atoms with van der Waals surface area (Å²) in [7, 11) is 1.69. The zero-order valence-corrected chi connectivity index (χ0v) is 12.5. The Hall–Kier alpha value is -0.870. The molecule has 0 aliphatic carbocycles. The van der Waals surface area contributed by atoms with E-state index >= 15 is 0 Å². The van der Waals surface area contributed by atoms with Gasteiger partial charge in [0, 0.05) is 0 Å². The Morgan fingerprint density at radius 2 is 2.05 bits per heavy atom. The predicted octanol–water partition coefficient (Wildman–Crippen LogP) is 3.03. The highest BCUT2D eigenvalue weighted by atomic mass is 32.2. The summed E-state index contributed by atoms with van der Waals surface area (Å²) in [6.45, 7) is 2.77. The van der Waals surface area contributed by atoms with Crippen molar-refractivity contribution in [1.82, 2.24) is 0 Å². The molecule has 1 aromatic carbocycles. The molecule has 2 rings (SSSR count). The molecule has 0 aromatic heterocycles. The van der Waals surface area contributed by atoms with E-state index in [9.17, 15) is 0 Å². The highest BCUT2D eigenvalue weighted by molar-refractivity contribution is 7.99. The monoisotopic (exact) mass is 281 g/mol. The Kier molecular flexibility index (Phi) is 5.40. The maximum atomic E-state index is 6.13. The number of benzene rings is 1. The fourth-order valence-electron chi connectivity index (χ4n) is 2.20. The van der Waals surface area contributed by atoms with Crippen molar-refractivity contribution in [2.75, 3.05) is 25.2 Å². The normalized spacial score (nSPS) is 18.1. The van der Waals surface area contributed by atoms with Gasteiger partial charge in [-0.2, -0.15) is 11.8 Å². The Morgan fingerprint density at radius 1 is 1.32 bits per heavy atom. The van der Waals surface area contributed by atoms with Crippen LogP contribution >= 0.6 is 11.8 Å². The summed E-state index contributed by atoms with van der Waals surface area (Å²) in [5.74, 6) is 4.39. The third-order valence-corrected chi connectivity index (χ3v) is 4.62. The van der Waals surface area contributed by atoms with Crippen LogP contribution in [-0.2, 0) is 0 Å². The van der Waals surface area contributed by atoms with Crippen molar-refractivity contribution in [3.63, 3.8) is 0 Å². The lowest BCUT2D eigenvalue weighted by molar-refractivity contribution is 0.184. The molecule has 3 nitrogen and oxygen atoms in total. The molecule has 0 amide bonds. The first-order valence-electron chi connectivity index (χ1n) is 6.87. The molecule has 1 atom stereocenters. The van der Waals surface area contributed by atoms with Crippen LogP contribution in [0.5, 0.6) is 11.5 Å². The van der Waals surface area contributed by atoms with Gasteiger partial charge in [0.15, 0.2) is 11.5 Å². The smallest absolute Gasteiger partial charge is 0.161 e. The molecule has 2 N–H and O–H groups in total. The first kappa shape index (κ1) is 14.5. The van der Waals surface area contributed by atoms with Gasteiger partial charge in [0.2, 0.25) is 0 Å². The van der Waals surface area contributed by atoms with Crippen LogP contribution in [0.25, 0.3) is 0 Å². The second-order valence-corrected chi connectivity index (χ2v) is 6.20. The Labute approximate surface area is 119 Å². The van der Waals surface area contributed by atoms with Gasteiger partial charge in [-0.25, -0.2) is 0 Å². The quantitative estimate of drug-likeness (QED) is 0.901. The third-order valence-electron chi connectivity index (χ3n) is 3.57. The maximum Gasteiger partial charge on any atom is 0.161 e. The first-order chi connectivity index (χ1) is 9.24. The summed E-state index contributed by atoms with van der Waals surface area (Å²) in [5.41, 5.74) is 6.95. The molecule has 1 unspecified atom stereocenters. The molecule has 1 heterocycles. The number of ether oxygens (including phenoxy) is 2. The average molecular weight is 281 g/mol. The topological polar surface area (TPSA) is 44.5 Å². The summed E-state index contributed by atoms with van der Waals surface area (Å²) in [5, 5.41) is 0. The second kappa shape index (κ2) is 7.06. The van der Waals surface area contributed by atoms with E-state index in [4.69, 9.17) is 15.2 Å². The van der Waals surface area contributed by atoms with Crippen molar-refractivity contribution < 1.29 is 9.47 Å². The van der Waals surface area contributed by atoms with Crippen molar-refractivity contribution in [3.8, 4) is 11.5 Å². The van der Waals surface area contributed by atoms with E-state index in [1.54, 1.807) is 7.11 Å². The standard InChI is InChI=1S/C15H23NO2S/c1-11(10-16)12-3-4-14(17-2)15(9-12)18-13-5-7-19-8-6-13/h3-4,9,11,13H,5-8,10,16H2,1-2H3. The van der Waals surface area contributed by atoms with E-state index in [0.717, 1.165) is 24.3 Å². The molecule has 1 saturated heterocycles. The lowest BCUT2D eigenvalue weighted by atomic mass is 10.0. The molecule has 106 valence electrons. The van der Waals surface area contributed by atoms with E-state index in [-0.39, 0.29) is 0 Å². The van der Waals surface area contributed by atoms with Crippen LogP contribution in [0, 0.1) is 0 Å². The molecule has 0 spiro atoms. The molecule has 1 fully saturated rings. The molecule has 1 aliphatic rings. The predicted molar refractivity (Wildman–Crippen MR) is 81.4 cm³/mol. The van der Waals surface area contributed by atoms with Crippen LogP contribution in [0.2, 0.25) is 0 Å². The number of hydrogen-bond donors (Lipinski definition) is 1. The van der Waals surface area contributed by atoms with Crippen molar-refractivity contribution in [2.45, 2.75) is 31.8 Å². The lowest BCUT2D eigenvalue weighted by Gasteiger charge is -2.24. The van der Waals surface area contributed by atoms with Crippen LogP contribution in [0.1, 0.15) is 31.2 Å². The van der Waals surface area contributed by atoms with Gasteiger partial charge in [0.05, 0.1) is 7.11 Å². The van der Waals surface area contributed by atoms with Crippen LogP contribution in [-0.4, -0.2) is 31.3 Å². The SMILES string of the molecule is COc1ccc(C(C)CN)cc1OC1CCSCC1. The molecular formula is C15H23NO2S. The summed E-state index contributed by atoms with van der Waals surface area (Å²) in [6.07, 6.45) is 2.55. The highest BCUT2D eigenvalue weighted by Crippen LogP contribution is 2.33.